The first-order chi connectivity index (χ1) is 17.4. The number of urea groups is 1. The van der Waals surface area contributed by atoms with Crippen LogP contribution in [0.4, 0.5) is 10.5 Å². The molecule has 0 aliphatic carbocycles. The Labute approximate surface area is 217 Å². The lowest BCUT2D eigenvalue weighted by molar-refractivity contribution is -0.122. The summed E-state index contributed by atoms with van der Waals surface area (Å²) in [6.07, 6.45) is 2.31. The van der Waals surface area contributed by atoms with Gasteiger partial charge in [0.2, 0.25) is 0 Å². The first kappa shape index (κ1) is 25.2. The number of benzene rings is 3. The molecule has 0 radical (unpaired) electrons. The summed E-state index contributed by atoms with van der Waals surface area (Å²) in [4.78, 5) is 39.1. The van der Waals surface area contributed by atoms with Gasteiger partial charge in [-0.3, -0.25) is 14.9 Å². The average molecular weight is 549 g/mol. The van der Waals surface area contributed by atoms with Gasteiger partial charge in [-0.2, -0.15) is 0 Å². The molecule has 1 N–H and O–H groups in total. The maximum Gasteiger partial charge on any atom is 0.335 e. The van der Waals surface area contributed by atoms with Crippen molar-refractivity contribution in [2.45, 2.75) is 26.9 Å². The van der Waals surface area contributed by atoms with Crippen molar-refractivity contribution in [2.75, 3.05) is 11.5 Å². The molecule has 4 rings (SSSR count). The van der Waals surface area contributed by atoms with Gasteiger partial charge in [-0.05, 0) is 82.9 Å². The summed E-state index contributed by atoms with van der Waals surface area (Å²) < 4.78 is 12.1. The molecule has 3 aromatic carbocycles. The molecule has 0 atom stereocenters. The van der Waals surface area contributed by atoms with E-state index >= 15 is 0 Å². The standard InChI is InChI=1S/C28H25BrN2O5/c1-3-13-35-22-10-8-21(9-11-22)31-27(33)23(26(32)30-28(31)34)15-19-7-12-25(24(29)16-19)36-17-20-6-4-5-18(2)14-20/h4-12,14-16H,3,13,17H2,1-2H3,(H,30,32,34)/b23-15-. The van der Waals surface area contributed by atoms with Crippen molar-refractivity contribution in [3.05, 3.63) is 93.5 Å². The Hall–Kier alpha value is -3.91. The van der Waals surface area contributed by atoms with Gasteiger partial charge in [0.15, 0.2) is 0 Å². The smallest absolute Gasteiger partial charge is 0.335 e. The van der Waals surface area contributed by atoms with Gasteiger partial charge in [-0.1, -0.05) is 42.8 Å². The molecular weight excluding hydrogens is 524 g/mol. The molecule has 1 heterocycles. The van der Waals surface area contributed by atoms with Crippen LogP contribution >= 0.6 is 15.9 Å². The highest BCUT2D eigenvalue weighted by molar-refractivity contribution is 9.10. The first-order valence-corrected chi connectivity index (χ1v) is 12.3. The Balaban J connectivity index is 1.52. The lowest BCUT2D eigenvalue weighted by Gasteiger charge is -2.26. The second kappa shape index (κ2) is 11.2. The predicted molar refractivity (Wildman–Crippen MR) is 141 cm³/mol. The van der Waals surface area contributed by atoms with E-state index in [-0.39, 0.29) is 5.57 Å². The summed E-state index contributed by atoms with van der Waals surface area (Å²) in [6, 6.07) is 19.1. The van der Waals surface area contributed by atoms with Gasteiger partial charge in [0.25, 0.3) is 11.8 Å². The number of amides is 4. The SMILES string of the molecule is CCCOc1ccc(N2C(=O)NC(=O)/C(=C/c3ccc(OCc4cccc(C)c4)c(Br)c3)C2=O)cc1. The predicted octanol–water partition coefficient (Wildman–Crippen LogP) is 5.79. The Kier molecular flexibility index (Phi) is 7.85. The van der Waals surface area contributed by atoms with E-state index in [4.69, 9.17) is 9.47 Å². The molecule has 0 saturated carbocycles. The van der Waals surface area contributed by atoms with Crippen LogP contribution in [0.2, 0.25) is 0 Å². The number of hydrogen-bond donors (Lipinski definition) is 1. The minimum Gasteiger partial charge on any atom is -0.494 e. The maximum atomic E-state index is 13.2. The molecule has 36 heavy (non-hydrogen) atoms. The van der Waals surface area contributed by atoms with Gasteiger partial charge in [0, 0.05) is 0 Å². The van der Waals surface area contributed by atoms with E-state index in [1.165, 1.54) is 6.08 Å². The van der Waals surface area contributed by atoms with Gasteiger partial charge in [0.1, 0.15) is 23.7 Å². The summed E-state index contributed by atoms with van der Waals surface area (Å²) in [7, 11) is 0. The zero-order chi connectivity index (χ0) is 25.7. The van der Waals surface area contributed by atoms with E-state index < -0.39 is 17.8 Å². The molecule has 1 saturated heterocycles. The fraction of sp³-hybridized carbons (Fsp3) is 0.179. The van der Waals surface area contributed by atoms with E-state index in [9.17, 15) is 14.4 Å². The molecule has 7 nitrogen and oxygen atoms in total. The van der Waals surface area contributed by atoms with Crippen LogP contribution in [0.15, 0.2) is 76.8 Å². The molecule has 1 aliphatic heterocycles. The van der Waals surface area contributed by atoms with E-state index in [0.29, 0.717) is 40.4 Å². The number of aryl methyl sites for hydroxylation is 1. The van der Waals surface area contributed by atoms with E-state index in [0.717, 1.165) is 22.4 Å². The number of halogens is 1. The van der Waals surface area contributed by atoms with Crippen LogP contribution in [0.25, 0.3) is 6.08 Å². The Morgan fingerprint density at radius 2 is 1.75 bits per heavy atom. The number of nitrogens with one attached hydrogen (secondary N) is 1. The molecule has 1 fully saturated rings. The molecule has 0 aromatic heterocycles. The topological polar surface area (TPSA) is 84.9 Å². The van der Waals surface area contributed by atoms with Crippen LogP contribution in [0, 0.1) is 6.92 Å². The lowest BCUT2D eigenvalue weighted by Crippen LogP contribution is -2.54. The van der Waals surface area contributed by atoms with Crippen molar-refractivity contribution in [2.24, 2.45) is 0 Å². The van der Waals surface area contributed by atoms with Gasteiger partial charge >= 0.3 is 6.03 Å². The van der Waals surface area contributed by atoms with Crippen LogP contribution in [0.5, 0.6) is 11.5 Å². The van der Waals surface area contributed by atoms with Crippen molar-refractivity contribution in [1.29, 1.82) is 0 Å². The molecule has 0 unspecified atom stereocenters. The first-order valence-electron chi connectivity index (χ1n) is 11.5. The van der Waals surface area contributed by atoms with Crippen LogP contribution in [-0.2, 0) is 16.2 Å². The molecule has 3 aromatic rings. The number of carbonyl (C=O) groups excluding carboxylic acids is 3. The lowest BCUT2D eigenvalue weighted by atomic mass is 10.1. The van der Waals surface area contributed by atoms with Crippen molar-refractivity contribution >= 4 is 45.5 Å². The molecule has 8 heteroatoms. The number of nitrogens with zero attached hydrogens (tertiary/aromatic N) is 1. The fourth-order valence-electron chi connectivity index (χ4n) is 3.66. The Morgan fingerprint density at radius 3 is 2.44 bits per heavy atom. The van der Waals surface area contributed by atoms with Crippen molar-refractivity contribution < 1.29 is 23.9 Å². The number of imide groups is 2. The number of ether oxygens (including phenoxy) is 2. The number of barbiturate groups is 1. The zero-order valence-corrected chi connectivity index (χ0v) is 21.5. The van der Waals surface area contributed by atoms with Crippen molar-refractivity contribution in [3.8, 4) is 11.5 Å². The summed E-state index contributed by atoms with van der Waals surface area (Å²) in [5.41, 5.74) is 2.98. The molecule has 184 valence electrons. The van der Waals surface area contributed by atoms with E-state index in [1.54, 1.807) is 42.5 Å². The van der Waals surface area contributed by atoms with Crippen LogP contribution in [0.1, 0.15) is 30.0 Å². The number of rotatable bonds is 8. The summed E-state index contributed by atoms with van der Waals surface area (Å²) in [5.74, 6) is -0.200. The Bertz CT molecular complexity index is 1330. The highest BCUT2D eigenvalue weighted by Crippen LogP contribution is 2.29. The largest absolute Gasteiger partial charge is 0.494 e. The second-order valence-electron chi connectivity index (χ2n) is 8.27. The van der Waals surface area contributed by atoms with E-state index in [1.807, 2.05) is 32.0 Å². The summed E-state index contributed by atoms with van der Waals surface area (Å²) in [5, 5.41) is 2.24. The highest BCUT2D eigenvalue weighted by Gasteiger charge is 2.36. The molecular formula is C28H25BrN2O5. The van der Waals surface area contributed by atoms with E-state index in [2.05, 4.69) is 27.3 Å². The van der Waals surface area contributed by atoms with Gasteiger partial charge in [-0.15, -0.1) is 0 Å². The molecule has 4 amide bonds. The van der Waals surface area contributed by atoms with Gasteiger partial charge in [0.05, 0.1) is 16.8 Å². The third kappa shape index (κ3) is 5.83. The maximum absolute atomic E-state index is 13.2. The third-order valence-electron chi connectivity index (χ3n) is 5.41. The average Bonchev–Trinajstić information content (AvgIpc) is 2.85. The minimum absolute atomic E-state index is 0.152. The van der Waals surface area contributed by atoms with Gasteiger partial charge in [-0.25, -0.2) is 9.69 Å². The fourth-order valence-corrected chi connectivity index (χ4v) is 4.17. The second-order valence-corrected chi connectivity index (χ2v) is 9.12. The molecule has 1 aliphatic rings. The van der Waals surface area contributed by atoms with Crippen LogP contribution in [-0.4, -0.2) is 24.5 Å². The number of carbonyl (C=O) groups is 3. The monoisotopic (exact) mass is 548 g/mol. The molecule has 0 bridgehead atoms. The minimum atomic E-state index is -0.801. The Morgan fingerprint density at radius 1 is 0.972 bits per heavy atom. The summed E-state index contributed by atoms with van der Waals surface area (Å²) >= 11 is 3.50. The van der Waals surface area contributed by atoms with Gasteiger partial charge < -0.3 is 9.47 Å². The van der Waals surface area contributed by atoms with Crippen LogP contribution in [0.3, 0.4) is 0 Å². The quantitative estimate of drug-likeness (QED) is 0.284. The number of hydrogen-bond acceptors (Lipinski definition) is 5. The zero-order valence-electron chi connectivity index (χ0n) is 19.9. The van der Waals surface area contributed by atoms with Crippen LogP contribution < -0.4 is 19.7 Å². The third-order valence-corrected chi connectivity index (χ3v) is 6.03. The normalized spacial score (nSPS) is 14.7. The number of anilines is 1. The molecule has 0 spiro atoms. The van der Waals surface area contributed by atoms with Crippen molar-refractivity contribution in [1.82, 2.24) is 5.32 Å². The highest BCUT2D eigenvalue weighted by atomic mass is 79.9. The van der Waals surface area contributed by atoms with Crippen molar-refractivity contribution in [3.63, 3.8) is 0 Å². The summed E-state index contributed by atoms with van der Waals surface area (Å²) in [6.45, 7) is 4.99.